The quantitative estimate of drug-likeness (QED) is 0.554. The Morgan fingerprint density at radius 2 is 1.91 bits per heavy atom. The van der Waals surface area contributed by atoms with Crippen LogP contribution < -0.4 is 4.72 Å². The van der Waals surface area contributed by atoms with Crippen LogP contribution in [0.15, 0.2) is 41.3 Å². The van der Waals surface area contributed by atoms with E-state index in [1.54, 1.807) is 24.3 Å². The third kappa shape index (κ3) is 6.97. The van der Waals surface area contributed by atoms with Crippen molar-refractivity contribution in [3.05, 3.63) is 42.0 Å². The van der Waals surface area contributed by atoms with Crippen molar-refractivity contribution in [2.75, 3.05) is 7.11 Å². The summed E-state index contributed by atoms with van der Waals surface area (Å²) in [7, 11) is -2.36. The first-order valence-electron chi connectivity index (χ1n) is 7.70. The van der Waals surface area contributed by atoms with Gasteiger partial charge in [-0.15, -0.1) is 0 Å². The lowest BCUT2D eigenvalue weighted by Crippen LogP contribution is -2.36. The monoisotopic (exact) mass is 339 g/mol. The molecule has 128 valence electrons. The molecule has 0 spiro atoms. The van der Waals surface area contributed by atoms with Gasteiger partial charge >= 0.3 is 5.97 Å². The topological polar surface area (TPSA) is 72.5 Å². The zero-order valence-electron chi connectivity index (χ0n) is 13.9. The summed E-state index contributed by atoms with van der Waals surface area (Å²) in [5, 5.41) is 0. The molecule has 1 aromatic carbocycles. The summed E-state index contributed by atoms with van der Waals surface area (Å²) in [4.78, 5) is 11.7. The number of rotatable bonds is 9. The molecular formula is C17H25NO4S. The molecule has 6 heteroatoms. The average Bonchev–Trinajstić information content (AvgIpc) is 2.51. The maximum atomic E-state index is 12.4. The smallest absolute Gasteiger partial charge is 0.307 e. The zero-order valence-corrected chi connectivity index (χ0v) is 14.7. The highest BCUT2D eigenvalue weighted by Crippen LogP contribution is 2.13. The fourth-order valence-corrected chi connectivity index (χ4v) is 3.34. The number of hydrogen-bond acceptors (Lipinski definition) is 4. The van der Waals surface area contributed by atoms with Crippen LogP contribution in [0.2, 0.25) is 0 Å². The van der Waals surface area contributed by atoms with Crippen LogP contribution in [0.25, 0.3) is 0 Å². The van der Waals surface area contributed by atoms with E-state index in [-0.39, 0.29) is 11.3 Å². The summed E-state index contributed by atoms with van der Waals surface area (Å²) in [5.41, 5.74) is 0.986. The molecule has 1 aromatic rings. The molecule has 0 aliphatic heterocycles. The Morgan fingerprint density at radius 1 is 1.26 bits per heavy atom. The largest absolute Gasteiger partial charge is 0.469 e. The molecular weight excluding hydrogens is 314 g/mol. The van der Waals surface area contributed by atoms with Crippen LogP contribution in [0.4, 0.5) is 0 Å². The molecule has 1 atom stereocenters. The lowest BCUT2D eigenvalue weighted by atomic mass is 10.1. The van der Waals surface area contributed by atoms with E-state index in [4.69, 9.17) is 0 Å². The first kappa shape index (κ1) is 19.4. The van der Waals surface area contributed by atoms with E-state index in [0.717, 1.165) is 12.0 Å². The normalized spacial score (nSPS) is 13.2. The van der Waals surface area contributed by atoms with E-state index >= 15 is 0 Å². The van der Waals surface area contributed by atoms with E-state index in [2.05, 4.69) is 9.46 Å². The predicted octanol–water partition coefficient (Wildman–Crippen LogP) is 2.95. The summed E-state index contributed by atoms with van der Waals surface area (Å²) in [6.07, 6.45) is 6.19. The second-order valence-electron chi connectivity index (χ2n) is 5.37. The molecule has 0 saturated heterocycles. The van der Waals surface area contributed by atoms with Crippen molar-refractivity contribution in [1.29, 1.82) is 0 Å². The summed E-state index contributed by atoms with van der Waals surface area (Å²) in [5.74, 6) is -0.430. The number of hydrogen-bond donors (Lipinski definition) is 1. The van der Waals surface area contributed by atoms with Gasteiger partial charge in [-0.05, 0) is 38.3 Å². The Balaban J connectivity index is 2.82. The highest BCUT2D eigenvalue weighted by Gasteiger charge is 2.22. The number of nitrogens with one attached hydrogen (secondary N) is 1. The second kappa shape index (κ2) is 9.47. The molecule has 23 heavy (non-hydrogen) atoms. The van der Waals surface area contributed by atoms with Crippen molar-refractivity contribution in [2.24, 2.45) is 0 Å². The summed E-state index contributed by atoms with van der Waals surface area (Å²) >= 11 is 0. The number of aryl methyl sites for hydroxylation is 1. The fraction of sp³-hybridized carbons (Fsp3) is 0.471. The molecule has 0 saturated carbocycles. The van der Waals surface area contributed by atoms with Gasteiger partial charge in [0, 0.05) is 6.04 Å². The predicted molar refractivity (Wildman–Crippen MR) is 90.6 cm³/mol. The highest BCUT2D eigenvalue weighted by molar-refractivity contribution is 7.89. The number of carbonyl (C=O) groups is 1. The SMILES string of the molecule is CC/C=C\CC[C@@H](CC(=O)OC)NS(=O)(=O)c1ccc(C)cc1. The van der Waals surface area contributed by atoms with Crippen molar-refractivity contribution >= 4 is 16.0 Å². The van der Waals surface area contributed by atoms with Crippen molar-refractivity contribution in [1.82, 2.24) is 4.72 Å². The summed E-state index contributed by atoms with van der Waals surface area (Å²) in [6.45, 7) is 3.92. The first-order chi connectivity index (χ1) is 10.9. The van der Waals surface area contributed by atoms with Crippen LogP contribution in [-0.4, -0.2) is 27.5 Å². The molecule has 0 aromatic heterocycles. The number of methoxy groups -OCH3 is 1. The minimum atomic E-state index is -3.65. The van der Waals surface area contributed by atoms with Gasteiger partial charge in [0.2, 0.25) is 10.0 Å². The molecule has 0 aliphatic rings. The number of benzene rings is 1. The molecule has 0 radical (unpaired) electrons. The molecule has 0 unspecified atom stereocenters. The van der Waals surface area contributed by atoms with E-state index in [1.165, 1.54) is 7.11 Å². The molecule has 1 rings (SSSR count). The first-order valence-corrected chi connectivity index (χ1v) is 9.18. The number of esters is 1. The maximum absolute atomic E-state index is 12.4. The minimum Gasteiger partial charge on any atom is -0.469 e. The number of allylic oxidation sites excluding steroid dienone is 2. The van der Waals surface area contributed by atoms with E-state index in [9.17, 15) is 13.2 Å². The Labute approximate surface area is 138 Å². The van der Waals surface area contributed by atoms with E-state index in [1.807, 2.05) is 26.0 Å². The van der Waals surface area contributed by atoms with Crippen LogP contribution in [-0.2, 0) is 19.6 Å². The van der Waals surface area contributed by atoms with Gasteiger partial charge in [0.25, 0.3) is 0 Å². The molecule has 0 fully saturated rings. The van der Waals surface area contributed by atoms with E-state index in [0.29, 0.717) is 12.8 Å². The van der Waals surface area contributed by atoms with Gasteiger partial charge in [0.1, 0.15) is 0 Å². The Hall–Kier alpha value is -1.66. The third-order valence-electron chi connectivity index (χ3n) is 3.38. The van der Waals surface area contributed by atoms with Crippen molar-refractivity contribution in [2.45, 2.75) is 50.5 Å². The highest BCUT2D eigenvalue weighted by atomic mass is 32.2. The summed E-state index contributed by atoms with van der Waals surface area (Å²) < 4.78 is 32.1. The fourth-order valence-electron chi connectivity index (χ4n) is 2.07. The van der Waals surface area contributed by atoms with Gasteiger partial charge in [-0.3, -0.25) is 4.79 Å². The van der Waals surface area contributed by atoms with Crippen molar-refractivity contribution < 1.29 is 17.9 Å². The standard InChI is InChI=1S/C17H25NO4S/c1-4-5-6-7-8-15(13-17(19)22-3)18-23(20,21)16-11-9-14(2)10-12-16/h5-6,9-12,15,18H,4,7-8,13H2,1-3H3/b6-5-/t15-/m0/s1. The second-order valence-corrected chi connectivity index (χ2v) is 7.08. The molecule has 0 heterocycles. The molecule has 1 N–H and O–H groups in total. The molecule has 0 bridgehead atoms. The maximum Gasteiger partial charge on any atom is 0.307 e. The van der Waals surface area contributed by atoms with Crippen LogP contribution in [0.3, 0.4) is 0 Å². The summed E-state index contributed by atoms with van der Waals surface area (Å²) in [6, 6.07) is 6.12. The van der Waals surface area contributed by atoms with Crippen LogP contribution in [0.1, 0.15) is 38.2 Å². The van der Waals surface area contributed by atoms with Crippen molar-refractivity contribution in [3.8, 4) is 0 Å². The van der Waals surface area contributed by atoms with Gasteiger partial charge in [0.15, 0.2) is 0 Å². The van der Waals surface area contributed by atoms with Crippen LogP contribution >= 0.6 is 0 Å². The third-order valence-corrected chi connectivity index (χ3v) is 4.91. The van der Waals surface area contributed by atoms with Gasteiger partial charge < -0.3 is 4.74 Å². The molecule has 5 nitrogen and oxygen atoms in total. The van der Waals surface area contributed by atoms with E-state index < -0.39 is 22.0 Å². The average molecular weight is 339 g/mol. The Bertz CT molecular complexity index is 620. The van der Waals surface area contributed by atoms with Gasteiger partial charge in [-0.25, -0.2) is 13.1 Å². The zero-order chi connectivity index (χ0) is 17.3. The number of carbonyl (C=O) groups excluding carboxylic acids is 1. The number of sulfonamides is 1. The van der Waals surface area contributed by atoms with Crippen LogP contribution in [0, 0.1) is 6.92 Å². The molecule has 0 amide bonds. The van der Waals surface area contributed by atoms with Gasteiger partial charge in [-0.1, -0.05) is 36.8 Å². The Morgan fingerprint density at radius 3 is 2.48 bits per heavy atom. The molecule has 0 aliphatic carbocycles. The van der Waals surface area contributed by atoms with Crippen molar-refractivity contribution in [3.63, 3.8) is 0 Å². The lowest BCUT2D eigenvalue weighted by Gasteiger charge is -2.17. The van der Waals surface area contributed by atoms with Crippen LogP contribution in [0.5, 0.6) is 0 Å². The van der Waals surface area contributed by atoms with Gasteiger partial charge in [0.05, 0.1) is 18.4 Å². The Kier molecular flexibility index (Phi) is 7.98. The van der Waals surface area contributed by atoms with Gasteiger partial charge in [-0.2, -0.15) is 0 Å². The lowest BCUT2D eigenvalue weighted by molar-refractivity contribution is -0.141. The minimum absolute atomic E-state index is 0.0154. The number of ether oxygens (including phenoxy) is 1.